The molecule has 0 saturated heterocycles. The number of hydrogen-bond acceptors (Lipinski definition) is 0. The average Bonchev–Trinajstić information content (AvgIpc) is 1.85. The summed E-state index contributed by atoms with van der Waals surface area (Å²) in [5.74, 6) is 0.461. The highest BCUT2D eigenvalue weighted by Crippen LogP contribution is 2.13. The Morgan fingerprint density at radius 3 is 2.50 bits per heavy atom. The summed E-state index contributed by atoms with van der Waals surface area (Å²) in [6.45, 7) is 6.24. The summed E-state index contributed by atoms with van der Waals surface area (Å²) in [6, 6.07) is 6.69. The van der Waals surface area contributed by atoms with Crippen molar-refractivity contribution in [2.45, 2.75) is 26.7 Å². The van der Waals surface area contributed by atoms with Gasteiger partial charge in [0.05, 0.1) is 1.37 Å². The lowest BCUT2D eigenvalue weighted by atomic mass is 10.0. The van der Waals surface area contributed by atoms with Crippen LogP contribution in [-0.4, -0.2) is 0 Å². The van der Waals surface area contributed by atoms with Crippen LogP contribution < -0.4 is 0 Å². The van der Waals surface area contributed by atoms with Crippen LogP contribution in [0.3, 0.4) is 0 Å². The molecule has 0 nitrogen and oxygen atoms in total. The third-order valence-electron chi connectivity index (χ3n) is 1.61. The van der Waals surface area contributed by atoms with Crippen LogP contribution in [0.2, 0.25) is 0 Å². The minimum Gasteiger partial charge on any atom is -0.0590 e. The largest absolute Gasteiger partial charge is 0.0626 e. The fourth-order valence-electron chi connectivity index (χ4n) is 0.874. The fourth-order valence-corrected chi connectivity index (χ4v) is 0.874. The van der Waals surface area contributed by atoms with Crippen molar-refractivity contribution in [3.05, 3.63) is 35.4 Å². The SMILES string of the molecule is [2H]c1cc(C)ccc1C(C)C. The lowest BCUT2D eigenvalue weighted by Gasteiger charge is -2.03. The number of hydrogen-bond donors (Lipinski definition) is 0. The van der Waals surface area contributed by atoms with Gasteiger partial charge in [0, 0.05) is 0 Å². The van der Waals surface area contributed by atoms with Gasteiger partial charge in [-0.15, -0.1) is 0 Å². The van der Waals surface area contributed by atoms with Gasteiger partial charge in [0.1, 0.15) is 0 Å². The second-order valence-electron chi connectivity index (χ2n) is 2.98. The van der Waals surface area contributed by atoms with Crippen molar-refractivity contribution < 1.29 is 1.37 Å². The fraction of sp³-hybridized carbons (Fsp3) is 0.400. The molecule has 54 valence electrons. The van der Waals surface area contributed by atoms with Gasteiger partial charge in [-0.25, -0.2) is 0 Å². The van der Waals surface area contributed by atoms with E-state index >= 15 is 0 Å². The van der Waals surface area contributed by atoms with Gasteiger partial charge >= 0.3 is 0 Å². The molecule has 0 aromatic heterocycles. The molecule has 0 aliphatic rings. The van der Waals surface area contributed by atoms with Crippen LogP contribution in [0, 0.1) is 6.92 Å². The van der Waals surface area contributed by atoms with E-state index in [9.17, 15) is 0 Å². The standard InChI is InChI=1S/C10H14/c1-8(2)10-6-4-9(3)5-7-10/h4-8H,1-3H3/i6D. The van der Waals surface area contributed by atoms with Crippen molar-refractivity contribution in [3.63, 3.8) is 0 Å². The van der Waals surface area contributed by atoms with E-state index in [-0.39, 0.29) is 0 Å². The summed E-state index contributed by atoms with van der Waals surface area (Å²) in [5, 5.41) is 0. The lowest BCUT2D eigenvalue weighted by Crippen LogP contribution is -1.85. The van der Waals surface area contributed by atoms with E-state index in [2.05, 4.69) is 19.9 Å². The van der Waals surface area contributed by atoms with E-state index in [1.165, 1.54) is 5.56 Å². The average molecular weight is 135 g/mol. The molecular formula is C10H14. The van der Waals surface area contributed by atoms with Gasteiger partial charge in [0.2, 0.25) is 0 Å². The highest BCUT2D eigenvalue weighted by Gasteiger charge is 1.95. The molecule has 1 rings (SSSR count). The van der Waals surface area contributed by atoms with Crippen molar-refractivity contribution in [1.29, 1.82) is 0 Å². The molecule has 0 saturated carbocycles. The number of benzene rings is 1. The maximum atomic E-state index is 7.64. The van der Waals surface area contributed by atoms with Gasteiger partial charge < -0.3 is 0 Å². The van der Waals surface area contributed by atoms with Crippen LogP contribution in [0.5, 0.6) is 0 Å². The second kappa shape index (κ2) is 2.87. The predicted octanol–water partition coefficient (Wildman–Crippen LogP) is 3.12. The van der Waals surface area contributed by atoms with E-state index in [1.807, 2.05) is 19.1 Å². The Balaban J connectivity index is 3.09. The first kappa shape index (κ1) is 5.96. The summed E-state index contributed by atoms with van der Waals surface area (Å²) in [5.41, 5.74) is 2.30. The Hall–Kier alpha value is -0.780. The second-order valence-corrected chi connectivity index (χ2v) is 2.98. The number of rotatable bonds is 1. The van der Waals surface area contributed by atoms with E-state index in [0.717, 1.165) is 5.56 Å². The molecule has 0 spiro atoms. The summed E-state index contributed by atoms with van der Waals surface area (Å²) in [6.07, 6.45) is 0. The van der Waals surface area contributed by atoms with E-state index < -0.39 is 0 Å². The van der Waals surface area contributed by atoms with Crippen molar-refractivity contribution in [1.82, 2.24) is 0 Å². The predicted molar refractivity (Wildman–Crippen MR) is 45.3 cm³/mol. The summed E-state index contributed by atoms with van der Waals surface area (Å²) in [7, 11) is 0. The van der Waals surface area contributed by atoms with Gasteiger partial charge in [-0.3, -0.25) is 0 Å². The first-order valence-electron chi connectivity index (χ1n) is 4.18. The van der Waals surface area contributed by atoms with Crippen LogP contribution >= 0.6 is 0 Å². The highest BCUT2D eigenvalue weighted by molar-refractivity contribution is 5.23. The van der Waals surface area contributed by atoms with E-state index in [0.29, 0.717) is 12.0 Å². The third-order valence-corrected chi connectivity index (χ3v) is 1.61. The van der Waals surface area contributed by atoms with Crippen LogP contribution in [-0.2, 0) is 0 Å². The molecule has 0 heterocycles. The van der Waals surface area contributed by atoms with Gasteiger partial charge in [0.25, 0.3) is 0 Å². The van der Waals surface area contributed by atoms with Crippen LogP contribution in [0.25, 0.3) is 0 Å². The minimum atomic E-state index is 0.461. The lowest BCUT2D eigenvalue weighted by molar-refractivity contribution is 0.866. The van der Waals surface area contributed by atoms with Crippen molar-refractivity contribution in [2.24, 2.45) is 0 Å². The minimum absolute atomic E-state index is 0.461. The molecule has 0 N–H and O–H groups in total. The Labute approximate surface area is 64.3 Å². The number of aryl methyl sites for hydroxylation is 1. The molecule has 0 atom stereocenters. The molecule has 0 heteroatoms. The third kappa shape index (κ3) is 1.60. The maximum absolute atomic E-state index is 7.64. The molecule has 0 bridgehead atoms. The first-order chi connectivity index (χ1) is 5.11. The van der Waals surface area contributed by atoms with Crippen molar-refractivity contribution in [2.75, 3.05) is 0 Å². The molecule has 0 aliphatic carbocycles. The zero-order chi connectivity index (χ0) is 8.43. The molecule has 0 aliphatic heterocycles. The van der Waals surface area contributed by atoms with Gasteiger partial charge in [-0.2, -0.15) is 0 Å². The first-order valence-corrected chi connectivity index (χ1v) is 3.68. The van der Waals surface area contributed by atoms with Gasteiger partial charge in [-0.1, -0.05) is 43.7 Å². The smallest absolute Gasteiger partial charge is 0.0590 e. The molecule has 0 radical (unpaired) electrons. The zero-order valence-corrected chi connectivity index (χ0v) is 6.81. The van der Waals surface area contributed by atoms with E-state index in [4.69, 9.17) is 1.37 Å². The summed E-state index contributed by atoms with van der Waals surface area (Å²) in [4.78, 5) is 0. The van der Waals surface area contributed by atoms with Crippen LogP contribution in [0.4, 0.5) is 0 Å². The molecule has 1 aromatic carbocycles. The molecule has 10 heavy (non-hydrogen) atoms. The molecule has 0 amide bonds. The van der Waals surface area contributed by atoms with Crippen molar-refractivity contribution in [3.8, 4) is 0 Å². The molecule has 0 fully saturated rings. The Morgan fingerprint density at radius 1 is 1.30 bits per heavy atom. The Morgan fingerprint density at radius 2 is 2.00 bits per heavy atom. The Kier molecular flexibility index (Phi) is 1.71. The van der Waals surface area contributed by atoms with Gasteiger partial charge in [-0.05, 0) is 18.4 Å². The molecule has 1 aromatic rings. The van der Waals surface area contributed by atoms with E-state index in [1.54, 1.807) is 0 Å². The maximum Gasteiger partial charge on any atom is 0.0626 e. The van der Waals surface area contributed by atoms with Gasteiger partial charge in [0.15, 0.2) is 0 Å². The van der Waals surface area contributed by atoms with Crippen LogP contribution in [0.15, 0.2) is 24.2 Å². The van der Waals surface area contributed by atoms with Crippen LogP contribution in [0.1, 0.15) is 32.3 Å². The van der Waals surface area contributed by atoms with Crippen molar-refractivity contribution >= 4 is 0 Å². The Bertz CT molecular complexity index is 251. The normalized spacial score (nSPS) is 11.8. The summed E-state index contributed by atoms with van der Waals surface area (Å²) < 4.78 is 7.64. The molecule has 0 unspecified atom stereocenters. The summed E-state index contributed by atoms with van der Waals surface area (Å²) >= 11 is 0. The topological polar surface area (TPSA) is 0 Å². The quantitative estimate of drug-likeness (QED) is 0.555. The highest BCUT2D eigenvalue weighted by atomic mass is 14.0. The molecular weight excluding hydrogens is 120 g/mol. The zero-order valence-electron chi connectivity index (χ0n) is 7.81. The monoisotopic (exact) mass is 135 g/mol.